The zero-order valence-corrected chi connectivity index (χ0v) is 29.3. The number of carbonyl (C=O) groups is 3. The first-order valence-electron chi connectivity index (χ1n) is 15.7. The molecular weight excluding hydrogens is 759 g/mol. The van der Waals surface area contributed by atoms with Crippen molar-refractivity contribution >= 4 is 68.1 Å². The van der Waals surface area contributed by atoms with Gasteiger partial charge >= 0.3 is 11.0 Å². The quantitative estimate of drug-likeness (QED) is 0.196. The topological polar surface area (TPSA) is 118 Å². The molecule has 4 aromatic rings. The van der Waals surface area contributed by atoms with Crippen molar-refractivity contribution in [2.24, 2.45) is 29.6 Å². The fraction of sp³-hybridized carbons (Fsp3) is 0.314. The number of imide groups is 1. The predicted octanol–water partition coefficient (Wildman–Crippen LogP) is 6.92. The molecule has 3 amide bonds. The highest BCUT2D eigenvalue weighted by atomic mass is 79.9. The van der Waals surface area contributed by atoms with Gasteiger partial charge in [-0.2, -0.15) is 13.2 Å². The number of ether oxygens (including phenoxy) is 2. The summed E-state index contributed by atoms with van der Waals surface area (Å²) in [6.07, 6.45) is -3.88. The first kappa shape index (κ1) is 33.1. The molecule has 50 heavy (non-hydrogen) atoms. The molecule has 2 N–H and O–H groups in total. The molecule has 2 aliphatic heterocycles. The Morgan fingerprint density at radius 1 is 1.02 bits per heavy atom. The van der Waals surface area contributed by atoms with Gasteiger partial charge in [-0.15, -0.1) is 11.8 Å². The van der Waals surface area contributed by atoms with Gasteiger partial charge in [-0.3, -0.25) is 24.1 Å². The second-order valence-corrected chi connectivity index (χ2v) is 15.9. The number of thiazole rings is 1. The molecule has 15 heteroatoms. The summed E-state index contributed by atoms with van der Waals surface area (Å²) < 4.78 is 51.7. The van der Waals surface area contributed by atoms with Crippen molar-refractivity contribution in [3.05, 3.63) is 96.9 Å². The van der Waals surface area contributed by atoms with E-state index in [2.05, 4.69) is 26.2 Å². The molecular formula is C35H27BrF3N3O6S2. The molecule has 2 aliphatic carbocycles. The van der Waals surface area contributed by atoms with E-state index in [1.165, 1.54) is 17.0 Å². The van der Waals surface area contributed by atoms with Crippen LogP contribution in [-0.2, 0) is 20.6 Å². The van der Waals surface area contributed by atoms with E-state index in [-0.39, 0.29) is 45.4 Å². The number of rotatable bonds is 7. The molecule has 4 aliphatic rings. The molecule has 2 saturated carbocycles. The van der Waals surface area contributed by atoms with E-state index in [0.717, 1.165) is 32.8 Å². The van der Waals surface area contributed by atoms with E-state index in [0.29, 0.717) is 34.2 Å². The summed E-state index contributed by atoms with van der Waals surface area (Å²) in [6.45, 7) is -0.489. The minimum absolute atomic E-state index is 0.0191. The Balaban J connectivity index is 1.11. The molecule has 0 radical (unpaired) electrons. The fourth-order valence-electron chi connectivity index (χ4n) is 8.36. The first-order chi connectivity index (χ1) is 23.9. The Labute approximate surface area is 299 Å². The number of halogens is 4. The number of aromatic nitrogens is 1. The summed E-state index contributed by atoms with van der Waals surface area (Å²) in [7, 11) is 1.54. The lowest BCUT2D eigenvalue weighted by molar-refractivity contribution is -0.137. The van der Waals surface area contributed by atoms with E-state index in [1.54, 1.807) is 55.3 Å². The van der Waals surface area contributed by atoms with Crippen molar-refractivity contribution in [3.8, 4) is 11.5 Å². The lowest BCUT2D eigenvalue weighted by Gasteiger charge is -2.43. The molecule has 3 aromatic carbocycles. The maximum Gasteiger partial charge on any atom is 0.416 e. The molecule has 3 heterocycles. The minimum Gasteiger partial charge on any atom is -0.497 e. The number of benzene rings is 3. The molecule has 9 nitrogen and oxygen atoms in total. The van der Waals surface area contributed by atoms with Crippen LogP contribution in [0.3, 0.4) is 0 Å². The third-order valence-corrected chi connectivity index (χ3v) is 13.3. The predicted molar refractivity (Wildman–Crippen MR) is 184 cm³/mol. The Morgan fingerprint density at radius 3 is 2.48 bits per heavy atom. The van der Waals surface area contributed by atoms with Gasteiger partial charge in [0.15, 0.2) is 6.61 Å². The number of hydrogen-bond donors (Lipinski definition) is 2. The van der Waals surface area contributed by atoms with Gasteiger partial charge in [0.2, 0.25) is 11.8 Å². The number of thioether (sulfide) groups is 1. The van der Waals surface area contributed by atoms with E-state index in [9.17, 15) is 32.3 Å². The van der Waals surface area contributed by atoms with Crippen LogP contribution in [0.2, 0.25) is 0 Å². The standard InChI is InChI=1S/C35H27BrF3N3O6S2/c1-47-19-8-6-18(7-9-19)42-32(44)27-21-13-22(28(27)33(42)45)29-26(21)25(30-31(49-29)41-34(46)50-30)20-12-16(36)5-10-23(20)48-14-24(43)40-17-4-2-3-15(11-17)35(37,38)39/h2-12,21-22,25-29H,13-14H2,1H3,(H,40,43)(H,41,46)/t21-,22-,25+,26-,27+,28+,29-/m1/s1. The average molecular weight is 787 g/mol. The number of anilines is 2. The molecule has 8 rings (SSSR count). The van der Waals surface area contributed by atoms with Crippen molar-refractivity contribution in [1.29, 1.82) is 0 Å². The number of fused-ring (bicyclic) bond motifs is 9. The molecule has 0 spiro atoms. The summed E-state index contributed by atoms with van der Waals surface area (Å²) in [5, 5.41) is 3.11. The number of nitrogens with one attached hydrogen (secondary N) is 2. The number of carbonyl (C=O) groups excluding carboxylic acids is 3. The largest absolute Gasteiger partial charge is 0.497 e. The summed E-state index contributed by atoms with van der Waals surface area (Å²) in [6, 6.07) is 16.5. The fourth-order valence-corrected chi connectivity index (χ4v) is 11.6. The molecule has 3 fully saturated rings. The molecule has 0 unspecified atom stereocenters. The zero-order valence-electron chi connectivity index (χ0n) is 26.0. The van der Waals surface area contributed by atoms with Crippen molar-refractivity contribution in [2.45, 2.75) is 28.8 Å². The monoisotopic (exact) mass is 785 g/mol. The molecule has 7 atom stereocenters. The first-order valence-corrected chi connectivity index (χ1v) is 18.2. The highest BCUT2D eigenvalue weighted by Crippen LogP contribution is 2.69. The van der Waals surface area contributed by atoms with Crippen LogP contribution in [0.15, 0.2) is 81.0 Å². The Bertz CT molecular complexity index is 2100. The Morgan fingerprint density at radius 2 is 1.76 bits per heavy atom. The normalized spacial score (nSPS) is 26.4. The van der Waals surface area contributed by atoms with E-state index in [1.807, 2.05) is 6.07 Å². The number of alkyl halides is 3. The highest BCUT2D eigenvalue weighted by molar-refractivity contribution is 9.10. The van der Waals surface area contributed by atoms with Crippen LogP contribution < -0.4 is 24.6 Å². The molecule has 1 saturated heterocycles. The zero-order chi connectivity index (χ0) is 35.1. The van der Waals surface area contributed by atoms with Gasteiger partial charge in [-0.05, 0) is 84.8 Å². The smallest absolute Gasteiger partial charge is 0.416 e. The maximum atomic E-state index is 14.1. The number of H-pyrrole nitrogens is 1. The van der Waals surface area contributed by atoms with Gasteiger partial charge in [0.05, 0.1) is 35.2 Å². The van der Waals surface area contributed by atoms with E-state index < -0.39 is 42.0 Å². The number of aromatic amines is 1. The second kappa shape index (κ2) is 12.3. The van der Waals surface area contributed by atoms with Crippen LogP contribution >= 0.6 is 39.0 Å². The van der Waals surface area contributed by atoms with Gasteiger partial charge in [-0.25, -0.2) is 0 Å². The summed E-state index contributed by atoms with van der Waals surface area (Å²) in [5.74, 6) is -1.91. The number of amides is 3. The number of hydrogen-bond acceptors (Lipinski definition) is 8. The Kier molecular flexibility index (Phi) is 8.14. The maximum absolute atomic E-state index is 14.1. The second-order valence-electron chi connectivity index (χ2n) is 12.8. The SMILES string of the molecule is COc1ccc(N2C(=O)[C@H]3[C@H]4C[C@@H]([C@@H]3C2=O)[C@@H]2[C@H](c3cc(Br)ccc3OCC(=O)Nc3cccc(C(F)(F)F)c3)c3sc(=O)[nH]c3S[C@H]42)cc1. The summed E-state index contributed by atoms with van der Waals surface area (Å²) >= 11 is 6.21. The third kappa shape index (κ3) is 5.44. The van der Waals surface area contributed by atoms with Crippen LogP contribution in [0.4, 0.5) is 24.5 Å². The van der Waals surface area contributed by atoms with E-state index >= 15 is 0 Å². The Hall–Kier alpha value is -4.08. The van der Waals surface area contributed by atoms with Crippen LogP contribution in [-0.4, -0.2) is 41.7 Å². The summed E-state index contributed by atoms with van der Waals surface area (Å²) in [4.78, 5) is 58.6. The minimum atomic E-state index is -4.56. The van der Waals surface area contributed by atoms with Crippen LogP contribution in [0.5, 0.6) is 11.5 Å². The highest BCUT2D eigenvalue weighted by Gasteiger charge is 2.70. The molecule has 1 aromatic heterocycles. The van der Waals surface area contributed by atoms with Gasteiger partial charge in [0.25, 0.3) is 5.91 Å². The van der Waals surface area contributed by atoms with Crippen molar-refractivity contribution in [2.75, 3.05) is 23.9 Å². The van der Waals surface area contributed by atoms with Crippen LogP contribution in [0.1, 0.15) is 28.3 Å². The van der Waals surface area contributed by atoms with E-state index in [4.69, 9.17) is 9.47 Å². The molecule has 258 valence electrons. The van der Waals surface area contributed by atoms with Crippen molar-refractivity contribution in [1.82, 2.24) is 4.98 Å². The van der Waals surface area contributed by atoms with Gasteiger partial charge in [-0.1, -0.05) is 33.3 Å². The third-order valence-electron chi connectivity index (χ3n) is 10.2. The van der Waals surface area contributed by atoms with Gasteiger partial charge < -0.3 is 19.8 Å². The average Bonchev–Trinajstić information content (AvgIpc) is 3.82. The molecule has 2 bridgehead atoms. The van der Waals surface area contributed by atoms with Crippen LogP contribution in [0, 0.1) is 29.6 Å². The van der Waals surface area contributed by atoms with Gasteiger partial charge in [0, 0.05) is 31.8 Å². The van der Waals surface area contributed by atoms with Gasteiger partial charge in [0.1, 0.15) is 11.5 Å². The number of nitrogens with zero attached hydrogens (tertiary/aromatic N) is 1. The number of methoxy groups -OCH3 is 1. The van der Waals surface area contributed by atoms with Crippen LogP contribution in [0.25, 0.3) is 0 Å². The lowest BCUT2D eigenvalue weighted by Crippen LogP contribution is -2.42. The van der Waals surface area contributed by atoms with Crippen molar-refractivity contribution < 1.29 is 37.0 Å². The summed E-state index contributed by atoms with van der Waals surface area (Å²) in [5.41, 5.74) is 0.289. The van der Waals surface area contributed by atoms with Crippen molar-refractivity contribution in [3.63, 3.8) is 0 Å². The lowest BCUT2D eigenvalue weighted by atomic mass is 9.68.